The van der Waals surface area contributed by atoms with Crippen LogP contribution in [0.1, 0.15) is 0 Å². The Balaban J connectivity index is 1.53. The molecule has 6 rings (SSSR count). The van der Waals surface area contributed by atoms with Crippen LogP contribution in [-0.4, -0.2) is 0 Å². The van der Waals surface area contributed by atoms with Crippen molar-refractivity contribution in [3.05, 3.63) is 121 Å². The molecule has 0 spiro atoms. The van der Waals surface area contributed by atoms with Gasteiger partial charge in [-0.1, -0.05) is 84.9 Å². The van der Waals surface area contributed by atoms with Gasteiger partial charge in [0.1, 0.15) is 11.2 Å². The van der Waals surface area contributed by atoms with Gasteiger partial charge in [0.05, 0.1) is 0 Å². The molecule has 0 aliphatic rings. The quantitative estimate of drug-likeness (QED) is 0.314. The van der Waals surface area contributed by atoms with Gasteiger partial charge in [-0.3, -0.25) is 0 Å². The van der Waals surface area contributed by atoms with Crippen molar-refractivity contribution >= 4 is 33.3 Å². The molecule has 1 heterocycles. The average Bonchev–Trinajstić information content (AvgIpc) is 3.24. The Morgan fingerprint density at radius 1 is 0.500 bits per heavy atom. The summed E-state index contributed by atoms with van der Waals surface area (Å²) in [6.45, 7) is 0. The van der Waals surface area contributed by atoms with Gasteiger partial charge >= 0.3 is 0 Å². The second-order valence-corrected chi connectivity index (χ2v) is 7.89. The van der Waals surface area contributed by atoms with Crippen molar-refractivity contribution in [2.75, 3.05) is 5.32 Å². The maximum Gasteiger partial charge on any atom is 0.136 e. The number of fused-ring (bicyclic) bond motifs is 3. The van der Waals surface area contributed by atoms with Gasteiger partial charge in [0.25, 0.3) is 0 Å². The third-order valence-electron chi connectivity index (χ3n) is 5.87. The number of furan rings is 1. The zero-order chi connectivity index (χ0) is 21.3. The van der Waals surface area contributed by atoms with Crippen LogP contribution in [0.5, 0.6) is 0 Å². The van der Waals surface area contributed by atoms with Gasteiger partial charge in [-0.2, -0.15) is 0 Å². The Labute approximate surface area is 186 Å². The van der Waals surface area contributed by atoms with Crippen molar-refractivity contribution in [3.8, 4) is 22.3 Å². The van der Waals surface area contributed by atoms with E-state index in [4.69, 9.17) is 4.42 Å². The first kappa shape index (κ1) is 18.5. The second-order valence-electron chi connectivity index (χ2n) is 7.89. The normalized spacial score (nSPS) is 11.1. The smallest absolute Gasteiger partial charge is 0.136 e. The summed E-state index contributed by atoms with van der Waals surface area (Å²) in [4.78, 5) is 0. The second kappa shape index (κ2) is 7.75. The summed E-state index contributed by atoms with van der Waals surface area (Å²) in [6, 6.07) is 41.9. The van der Waals surface area contributed by atoms with Gasteiger partial charge in [-0.25, -0.2) is 0 Å². The Kier molecular flexibility index (Phi) is 4.47. The first-order valence-electron chi connectivity index (χ1n) is 10.8. The van der Waals surface area contributed by atoms with Gasteiger partial charge in [-0.05, 0) is 53.1 Å². The number of rotatable bonds is 4. The minimum Gasteiger partial charge on any atom is -0.456 e. The van der Waals surface area contributed by atoms with Crippen molar-refractivity contribution < 1.29 is 4.42 Å². The van der Waals surface area contributed by atoms with Crippen LogP contribution in [0.25, 0.3) is 44.2 Å². The Morgan fingerprint density at radius 3 is 2.06 bits per heavy atom. The van der Waals surface area contributed by atoms with E-state index in [1.54, 1.807) is 0 Å². The molecule has 0 saturated carbocycles. The third kappa shape index (κ3) is 3.23. The van der Waals surface area contributed by atoms with Crippen molar-refractivity contribution in [2.24, 2.45) is 0 Å². The summed E-state index contributed by atoms with van der Waals surface area (Å²) in [5.74, 6) is 0. The third-order valence-corrected chi connectivity index (χ3v) is 5.87. The lowest BCUT2D eigenvalue weighted by atomic mass is 9.97. The van der Waals surface area contributed by atoms with Crippen LogP contribution in [0, 0.1) is 0 Å². The van der Waals surface area contributed by atoms with Crippen LogP contribution >= 0.6 is 0 Å². The molecular weight excluding hydrogens is 390 g/mol. The van der Waals surface area contributed by atoms with E-state index < -0.39 is 0 Å². The highest BCUT2D eigenvalue weighted by atomic mass is 16.3. The molecule has 1 N–H and O–H groups in total. The van der Waals surface area contributed by atoms with Crippen LogP contribution in [0.15, 0.2) is 126 Å². The van der Waals surface area contributed by atoms with Crippen molar-refractivity contribution in [3.63, 3.8) is 0 Å². The topological polar surface area (TPSA) is 25.2 Å². The zero-order valence-corrected chi connectivity index (χ0v) is 17.5. The van der Waals surface area contributed by atoms with Crippen LogP contribution in [0.4, 0.5) is 11.4 Å². The summed E-state index contributed by atoms with van der Waals surface area (Å²) in [5, 5.41) is 5.85. The summed E-state index contributed by atoms with van der Waals surface area (Å²) in [7, 11) is 0. The predicted molar refractivity (Wildman–Crippen MR) is 134 cm³/mol. The molecule has 6 aromatic rings. The highest BCUT2D eigenvalue weighted by Crippen LogP contribution is 2.39. The Morgan fingerprint density at radius 2 is 1.22 bits per heavy atom. The van der Waals surface area contributed by atoms with Crippen molar-refractivity contribution in [1.82, 2.24) is 0 Å². The summed E-state index contributed by atoms with van der Waals surface area (Å²) in [5.41, 5.74) is 8.66. The highest BCUT2D eigenvalue weighted by molar-refractivity contribution is 6.13. The molecule has 32 heavy (non-hydrogen) atoms. The Hall–Kier alpha value is -4.30. The van der Waals surface area contributed by atoms with Gasteiger partial charge in [0.15, 0.2) is 0 Å². The van der Waals surface area contributed by atoms with Gasteiger partial charge in [0, 0.05) is 27.7 Å². The minimum atomic E-state index is 0.903. The van der Waals surface area contributed by atoms with E-state index in [2.05, 4.69) is 96.3 Å². The van der Waals surface area contributed by atoms with E-state index in [1.807, 2.05) is 30.3 Å². The highest BCUT2D eigenvalue weighted by Gasteiger charge is 2.14. The molecule has 0 radical (unpaired) electrons. The molecule has 5 aromatic carbocycles. The molecule has 0 aliphatic heterocycles. The molecule has 0 saturated heterocycles. The number of hydrogen-bond acceptors (Lipinski definition) is 2. The summed E-state index contributed by atoms with van der Waals surface area (Å²) >= 11 is 0. The molecule has 2 nitrogen and oxygen atoms in total. The number of anilines is 2. The number of nitrogens with one attached hydrogen (secondary N) is 1. The first-order valence-corrected chi connectivity index (χ1v) is 10.8. The average molecular weight is 412 g/mol. The van der Waals surface area contributed by atoms with Gasteiger partial charge in [-0.15, -0.1) is 0 Å². The fourth-order valence-electron chi connectivity index (χ4n) is 4.37. The van der Waals surface area contributed by atoms with Crippen LogP contribution < -0.4 is 5.32 Å². The molecule has 0 atom stereocenters. The molecule has 0 fully saturated rings. The lowest BCUT2D eigenvalue weighted by Crippen LogP contribution is -1.92. The van der Waals surface area contributed by atoms with Crippen molar-refractivity contribution in [1.29, 1.82) is 0 Å². The molecule has 2 heteroatoms. The van der Waals surface area contributed by atoms with Crippen molar-refractivity contribution in [2.45, 2.75) is 0 Å². The van der Waals surface area contributed by atoms with E-state index in [0.29, 0.717) is 0 Å². The van der Waals surface area contributed by atoms with E-state index in [0.717, 1.165) is 44.4 Å². The number of benzene rings is 5. The maximum atomic E-state index is 6.22. The van der Waals surface area contributed by atoms with E-state index in [9.17, 15) is 0 Å². The fourth-order valence-corrected chi connectivity index (χ4v) is 4.37. The molecule has 152 valence electrons. The van der Waals surface area contributed by atoms with E-state index in [1.165, 1.54) is 11.1 Å². The fraction of sp³-hybridized carbons (Fsp3) is 0. The summed E-state index contributed by atoms with van der Waals surface area (Å²) < 4.78 is 6.22. The number of hydrogen-bond donors (Lipinski definition) is 1. The first-order chi connectivity index (χ1) is 15.9. The van der Waals surface area contributed by atoms with E-state index >= 15 is 0 Å². The molecule has 0 bridgehead atoms. The molecule has 0 unspecified atom stereocenters. The Bertz CT molecular complexity index is 1530. The van der Waals surface area contributed by atoms with Gasteiger partial charge < -0.3 is 9.73 Å². The van der Waals surface area contributed by atoms with E-state index in [-0.39, 0.29) is 0 Å². The minimum absolute atomic E-state index is 0.903. The molecule has 1 aromatic heterocycles. The number of para-hydroxylation sites is 2. The maximum absolute atomic E-state index is 6.22. The van der Waals surface area contributed by atoms with Crippen LogP contribution in [0.2, 0.25) is 0 Å². The van der Waals surface area contributed by atoms with Gasteiger partial charge in [0.2, 0.25) is 0 Å². The monoisotopic (exact) mass is 411 g/mol. The zero-order valence-electron chi connectivity index (χ0n) is 17.5. The van der Waals surface area contributed by atoms with Crippen LogP contribution in [0.3, 0.4) is 0 Å². The largest absolute Gasteiger partial charge is 0.456 e. The summed E-state index contributed by atoms with van der Waals surface area (Å²) in [6.07, 6.45) is 0. The SMILES string of the molecule is c1ccc(Nc2ccccc2-c2ccc3oc4cccc(-c5ccccc5)c4c3c2)cc1. The lowest BCUT2D eigenvalue weighted by Gasteiger charge is -2.12. The molecular formula is C30H21NO. The predicted octanol–water partition coefficient (Wildman–Crippen LogP) is 8.66. The standard InChI is InChI=1S/C30H21NO/c1-3-10-21(11-4-1)25-15-9-17-29-30(25)26-20-22(18-19-28(26)32-29)24-14-7-8-16-27(24)31-23-12-5-2-6-13-23/h1-20,31H. The molecule has 0 aliphatic carbocycles. The molecule has 0 amide bonds. The van der Waals surface area contributed by atoms with Crippen LogP contribution in [-0.2, 0) is 0 Å². The lowest BCUT2D eigenvalue weighted by molar-refractivity contribution is 0.669.